The van der Waals surface area contributed by atoms with E-state index in [1.165, 1.54) is 11.3 Å². The average Bonchev–Trinajstić information content (AvgIpc) is 2.75. The average molecular weight is 300 g/mol. The molecule has 1 heterocycles. The number of nitrogens with two attached hydrogens (primary N) is 1. The van der Waals surface area contributed by atoms with Gasteiger partial charge in [-0.15, -0.1) is 11.3 Å². The SMILES string of the molecule is CCOC(=O)c1c(NCCOC)sc(C(=O)CC)c1N. The molecule has 0 aromatic carbocycles. The standard InChI is InChI=1S/C13H20N2O4S/c1-4-8(16)11-10(14)9(13(17)19-5-2)12(20-11)15-6-7-18-3/h15H,4-7,14H2,1-3H3. The summed E-state index contributed by atoms with van der Waals surface area (Å²) in [6, 6.07) is 0. The number of Topliss-reactive ketones (excluding diaryl/α,β-unsaturated/α-hetero) is 1. The maximum Gasteiger partial charge on any atom is 0.343 e. The van der Waals surface area contributed by atoms with Crippen LogP contribution >= 0.6 is 11.3 Å². The van der Waals surface area contributed by atoms with Gasteiger partial charge in [-0.3, -0.25) is 4.79 Å². The maximum atomic E-state index is 12.0. The first kappa shape index (κ1) is 16.5. The summed E-state index contributed by atoms with van der Waals surface area (Å²) in [7, 11) is 1.59. The van der Waals surface area contributed by atoms with Gasteiger partial charge in [0.2, 0.25) is 0 Å². The molecule has 0 aliphatic heterocycles. The van der Waals surface area contributed by atoms with Gasteiger partial charge in [-0.25, -0.2) is 4.79 Å². The van der Waals surface area contributed by atoms with Crippen molar-refractivity contribution in [3.8, 4) is 0 Å². The number of hydrogen-bond donors (Lipinski definition) is 2. The molecule has 0 bridgehead atoms. The Labute approximate surface area is 122 Å². The van der Waals surface area contributed by atoms with E-state index in [9.17, 15) is 9.59 Å². The highest BCUT2D eigenvalue weighted by atomic mass is 32.1. The number of anilines is 2. The Hall–Kier alpha value is -1.60. The summed E-state index contributed by atoms with van der Waals surface area (Å²) in [5.74, 6) is -0.603. The number of ketones is 1. The fourth-order valence-electron chi connectivity index (χ4n) is 1.61. The van der Waals surface area contributed by atoms with Crippen molar-refractivity contribution in [3.63, 3.8) is 0 Å². The fraction of sp³-hybridized carbons (Fsp3) is 0.538. The summed E-state index contributed by atoms with van der Waals surface area (Å²) in [5, 5.41) is 3.60. The number of methoxy groups -OCH3 is 1. The highest BCUT2D eigenvalue weighted by Gasteiger charge is 2.25. The van der Waals surface area contributed by atoms with Crippen LogP contribution < -0.4 is 11.1 Å². The molecular formula is C13H20N2O4S. The number of hydrogen-bond acceptors (Lipinski definition) is 7. The molecule has 1 aromatic heterocycles. The monoisotopic (exact) mass is 300 g/mol. The highest BCUT2D eigenvalue weighted by Crippen LogP contribution is 2.37. The zero-order valence-electron chi connectivity index (χ0n) is 11.9. The molecule has 0 spiro atoms. The minimum atomic E-state index is -0.517. The van der Waals surface area contributed by atoms with E-state index in [-0.39, 0.29) is 23.6 Å². The van der Waals surface area contributed by atoms with E-state index in [1.54, 1.807) is 21.0 Å². The number of carbonyl (C=O) groups excluding carboxylic acids is 2. The molecule has 0 fully saturated rings. The number of nitrogen functional groups attached to an aromatic ring is 1. The molecule has 0 atom stereocenters. The lowest BCUT2D eigenvalue weighted by atomic mass is 10.2. The van der Waals surface area contributed by atoms with Crippen LogP contribution in [0.4, 0.5) is 10.7 Å². The Kier molecular flexibility index (Phi) is 6.47. The van der Waals surface area contributed by atoms with Gasteiger partial charge in [-0.05, 0) is 6.92 Å². The van der Waals surface area contributed by atoms with Crippen LogP contribution in [0.2, 0.25) is 0 Å². The minimum Gasteiger partial charge on any atom is -0.462 e. The van der Waals surface area contributed by atoms with Gasteiger partial charge in [0, 0.05) is 20.1 Å². The predicted molar refractivity (Wildman–Crippen MR) is 79.7 cm³/mol. The second kappa shape index (κ2) is 7.86. The number of esters is 1. The molecule has 0 amide bonds. The molecule has 1 aromatic rings. The predicted octanol–water partition coefficient (Wildman–Crippen LogP) is 2.16. The van der Waals surface area contributed by atoms with Crippen LogP contribution in [0.25, 0.3) is 0 Å². The van der Waals surface area contributed by atoms with Gasteiger partial charge in [-0.2, -0.15) is 0 Å². The third-order valence-corrected chi connectivity index (χ3v) is 3.80. The van der Waals surface area contributed by atoms with E-state index in [0.29, 0.717) is 29.5 Å². The Morgan fingerprint density at radius 3 is 2.60 bits per heavy atom. The molecule has 7 heteroatoms. The fourth-order valence-corrected chi connectivity index (χ4v) is 2.75. The lowest BCUT2D eigenvalue weighted by molar-refractivity contribution is 0.0529. The molecular weight excluding hydrogens is 280 g/mol. The van der Waals surface area contributed by atoms with Gasteiger partial charge in [0.25, 0.3) is 0 Å². The summed E-state index contributed by atoms with van der Waals surface area (Å²) in [5.41, 5.74) is 6.37. The summed E-state index contributed by atoms with van der Waals surface area (Å²) in [6.07, 6.45) is 0.338. The van der Waals surface area contributed by atoms with Gasteiger partial charge in [-0.1, -0.05) is 6.92 Å². The van der Waals surface area contributed by atoms with Gasteiger partial charge in [0.15, 0.2) is 5.78 Å². The minimum absolute atomic E-state index is 0.0853. The number of carbonyl (C=O) groups is 2. The quantitative estimate of drug-likeness (QED) is 0.434. The molecule has 0 unspecified atom stereocenters. The molecule has 0 aliphatic rings. The van der Waals surface area contributed by atoms with Crippen molar-refractivity contribution in [2.45, 2.75) is 20.3 Å². The van der Waals surface area contributed by atoms with Crippen molar-refractivity contribution in [1.82, 2.24) is 0 Å². The maximum absolute atomic E-state index is 12.0. The van der Waals surface area contributed by atoms with Crippen LogP contribution in [0.5, 0.6) is 0 Å². The summed E-state index contributed by atoms with van der Waals surface area (Å²) in [6.45, 7) is 4.72. The Morgan fingerprint density at radius 2 is 2.05 bits per heavy atom. The smallest absolute Gasteiger partial charge is 0.343 e. The second-order valence-corrected chi connectivity index (χ2v) is 4.99. The first-order valence-electron chi connectivity index (χ1n) is 6.42. The summed E-state index contributed by atoms with van der Waals surface area (Å²) in [4.78, 5) is 24.2. The van der Waals surface area contributed by atoms with E-state index in [2.05, 4.69) is 5.32 Å². The van der Waals surface area contributed by atoms with Crippen molar-refractivity contribution in [3.05, 3.63) is 10.4 Å². The Balaban J connectivity index is 3.11. The molecule has 0 saturated heterocycles. The molecule has 0 aliphatic carbocycles. The Bertz CT molecular complexity index is 485. The molecule has 20 heavy (non-hydrogen) atoms. The highest BCUT2D eigenvalue weighted by molar-refractivity contribution is 7.19. The van der Waals surface area contributed by atoms with Crippen molar-refractivity contribution in [2.24, 2.45) is 0 Å². The van der Waals surface area contributed by atoms with E-state index >= 15 is 0 Å². The van der Waals surface area contributed by atoms with Gasteiger partial charge < -0.3 is 20.5 Å². The van der Waals surface area contributed by atoms with Crippen LogP contribution in [0, 0.1) is 0 Å². The van der Waals surface area contributed by atoms with Crippen molar-refractivity contribution in [2.75, 3.05) is 37.9 Å². The number of rotatable bonds is 8. The molecule has 1 rings (SSSR count). The topological polar surface area (TPSA) is 90.6 Å². The van der Waals surface area contributed by atoms with Crippen molar-refractivity contribution >= 4 is 33.8 Å². The van der Waals surface area contributed by atoms with Crippen LogP contribution in [-0.2, 0) is 9.47 Å². The zero-order valence-corrected chi connectivity index (χ0v) is 12.8. The number of nitrogens with one attached hydrogen (secondary N) is 1. The zero-order chi connectivity index (χ0) is 15.1. The normalized spacial score (nSPS) is 10.3. The number of ether oxygens (including phenoxy) is 2. The molecule has 3 N–H and O–H groups in total. The third kappa shape index (κ3) is 3.71. The molecule has 112 valence electrons. The van der Waals surface area contributed by atoms with Crippen LogP contribution in [0.3, 0.4) is 0 Å². The molecule has 0 saturated carbocycles. The number of thiophene rings is 1. The van der Waals surface area contributed by atoms with E-state index in [4.69, 9.17) is 15.2 Å². The third-order valence-electron chi connectivity index (χ3n) is 2.59. The van der Waals surface area contributed by atoms with Crippen molar-refractivity contribution in [1.29, 1.82) is 0 Å². The largest absolute Gasteiger partial charge is 0.462 e. The van der Waals surface area contributed by atoms with Crippen molar-refractivity contribution < 1.29 is 19.1 Å². The first-order chi connectivity index (χ1) is 9.56. The van der Waals surface area contributed by atoms with Gasteiger partial charge in [0.05, 0.1) is 23.8 Å². The van der Waals surface area contributed by atoms with E-state index in [0.717, 1.165) is 0 Å². The summed E-state index contributed by atoms with van der Waals surface area (Å²) < 4.78 is 9.93. The van der Waals surface area contributed by atoms with E-state index in [1.807, 2.05) is 0 Å². The summed E-state index contributed by atoms with van der Waals surface area (Å²) >= 11 is 1.18. The molecule has 6 nitrogen and oxygen atoms in total. The first-order valence-corrected chi connectivity index (χ1v) is 7.23. The second-order valence-electron chi connectivity index (χ2n) is 3.97. The van der Waals surface area contributed by atoms with Crippen LogP contribution in [-0.4, -0.2) is 38.6 Å². The lowest BCUT2D eigenvalue weighted by Crippen LogP contribution is -2.12. The lowest BCUT2D eigenvalue weighted by Gasteiger charge is -2.07. The van der Waals surface area contributed by atoms with Crippen LogP contribution in [0.1, 0.15) is 40.3 Å². The van der Waals surface area contributed by atoms with Gasteiger partial charge >= 0.3 is 5.97 Å². The molecule has 0 radical (unpaired) electrons. The Morgan fingerprint density at radius 1 is 1.35 bits per heavy atom. The van der Waals surface area contributed by atoms with Crippen LogP contribution in [0.15, 0.2) is 0 Å². The van der Waals surface area contributed by atoms with E-state index < -0.39 is 5.97 Å². The van der Waals surface area contributed by atoms with Gasteiger partial charge in [0.1, 0.15) is 10.6 Å².